The number of carbonyl (C=O) groups excluding carboxylic acids is 2. The maximum atomic E-state index is 12.4. The lowest BCUT2D eigenvalue weighted by atomic mass is 10.1. The molecule has 0 aliphatic heterocycles. The molecule has 1 aromatic heterocycles. The number of benzene rings is 2. The average molecular weight is 355 g/mol. The fourth-order valence-electron chi connectivity index (χ4n) is 2.35. The highest BCUT2D eigenvalue weighted by molar-refractivity contribution is 6.33. The molecule has 0 fully saturated rings. The normalized spacial score (nSPS) is 11.8. The van der Waals surface area contributed by atoms with Crippen molar-refractivity contribution in [3.63, 3.8) is 0 Å². The molecule has 0 aliphatic rings. The molecule has 0 bridgehead atoms. The summed E-state index contributed by atoms with van der Waals surface area (Å²) in [5, 5.41) is 3.85. The summed E-state index contributed by atoms with van der Waals surface area (Å²) in [4.78, 5) is 28.8. The van der Waals surface area contributed by atoms with E-state index in [4.69, 9.17) is 16.3 Å². The molecular formula is C19H15ClN2O3. The van der Waals surface area contributed by atoms with Gasteiger partial charge in [-0.25, -0.2) is 4.79 Å². The Labute approximate surface area is 149 Å². The lowest BCUT2D eigenvalue weighted by Gasteiger charge is -2.15. The number of hydrogen-bond donors (Lipinski definition) is 1. The zero-order valence-electron chi connectivity index (χ0n) is 13.4. The number of carbonyl (C=O) groups is 2. The van der Waals surface area contributed by atoms with Crippen LogP contribution in [-0.2, 0) is 9.53 Å². The van der Waals surface area contributed by atoms with Crippen LogP contribution in [0.5, 0.6) is 0 Å². The van der Waals surface area contributed by atoms with Crippen molar-refractivity contribution >= 4 is 40.1 Å². The van der Waals surface area contributed by atoms with Gasteiger partial charge in [0.1, 0.15) is 0 Å². The van der Waals surface area contributed by atoms with Crippen molar-refractivity contribution in [1.82, 2.24) is 4.98 Å². The van der Waals surface area contributed by atoms with Gasteiger partial charge in [-0.05, 0) is 43.3 Å². The lowest BCUT2D eigenvalue weighted by Crippen LogP contribution is -2.30. The number of hydrogen-bond acceptors (Lipinski definition) is 4. The molecule has 3 rings (SSSR count). The summed E-state index contributed by atoms with van der Waals surface area (Å²) in [7, 11) is 0. The number of halogens is 1. The number of rotatable bonds is 4. The highest BCUT2D eigenvalue weighted by atomic mass is 35.5. The Morgan fingerprint density at radius 2 is 1.88 bits per heavy atom. The summed E-state index contributed by atoms with van der Waals surface area (Å²) in [6.45, 7) is 1.51. The maximum Gasteiger partial charge on any atom is 0.340 e. The molecule has 6 heteroatoms. The first-order valence-corrected chi connectivity index (χ1v) is 8.04. The number of esters is 1. The smallest absolute Gasteiger partial charge is 0.340 e. The van der Waals surface area contributed by atoms with Gasteiger partial charge in [0.2, 0.25) is 0 Å². The van der Waals surface area contributed by atoms with Crippen molar-refractivity contribution in [2.75, 3.05) is 5.32 Å². The minimum Gasteiger partial charge on any atom is -0.449 e. The monoisotopic (exact) mass is 354 g/mol. The Kier molecular flexibility index (Phi) is 4.95. The molecule has 0 aliphatic carbocycles. The Hall–Kier alpha value is -2.92. The van der Waals surface area contributed by atoms with Gasteiger partial charge in [-0.3, -0.25) is 9.78 Å². The Morgan fingerprint density at radius 3 is 2.68 bits per heavy atom. The van der Waals surface area contributed by atoms with Gasteiger partial charge in [-0.15, -0.1) is 0 Å². The summed E-state index contributed by atoms with van der Waals surface area (Å²) < 4.78 is 5.21. The first-order valence-electron chi connectivity index (χ1n) is 7.66. The van der Waals surface area contributed by atoms with Gasteiger partial charge in [-0.2, -0.15) is 0 Å². The van der Waals surface area contributed by atoms with Crippen molar-refractivity contribution in [3.8, 4) is 0 Å². The quantitative estimate of drug-likeness (QED) is 0.717. The second kappa shape index (κ2) is 7.32. The van der Waals surface area contributed by atoms with Gasteiger partial charge >= 0.3 is 5.97 Å². The van der Waals surface area contributed by atoms with Crippen molar-refractivity contribution in [1.29, 1.82) is 0 Å². The van der Waals surface area contributed by atoms with Crippen molar-refractivity contribution in [2.24, 2.45) is 0 Å². The summed E-state index contributed by atoms with van der Waals surface area (Å²) in [6, 6.07) is 15.6. The van der Waals surface area contributed by atoms with Crippen LogP contribution in [0.25, 0.3) is 10.9 Å². The lowest BCUT2D eigenvalue weighted by molar-refractivity contribution is -0.123. The number of nitrogens with one attached hydrogen (secondary N) is 1. The molecule has 3 aromatic rings. The van der Waals surface area contributed by atoms with Crippen LogP contribution in [-0.4, -0.2) is 23.0 Å². The Bertz CT molecular complexity index is 937. The highest BCUT2D eigenvalue weighted by Gasteiger charge is 2.21. The molecule has 1 unspecified atom stereocenters. The van der Waals surface area contributed by atoms with Gasteiger partial charge in [-0.1, -0.05) is 29.8 Å². The SMILES string of the molecule is CC(OC(=O)c1ccccc1Cl)C(=O)Nc1cccc2ncccc12. The van der Waals surface area contributed by atoms with E-state index in [1.165, 1.54) is 6.92 Å². The van der Waals surface area contributed by atoms with E-state index in [0.717, 1.165) is 10.9 Å². The standard InChI is InChI=1S/C19H15ClN2O3/c1-12(25-19(24)13-6-2-3-8-15(13)20)18(23)22-17-10-4-9-16-14(17)7-5-11-21-16/h2-12H,1H3,(H,22,23). The third-order valence-corrected chi connectivity index (χ3v) is 3.98. The minimum atomic E-state index is -0.976. The molecule has 0 saturated carbocycles. The summed E-state index contributed by atoms with van der Waals surface area (Å²) in [5.41, 5.74) is 1.59. The van der Waals surface area contributed by atoms with E-state index in [0.29, 0.717) is 5.69 Å². The fourth-order valence-corrected chi connectivity index (χ4v) is 2.56. The number of ether oxygens (including phenoxy) is 1. The molecule has 1 atom stereocenters. The topological polar surface area (TPSA) is 68.3 Å². The van der Waals surface area contributed by atoms with E-state index in [1.54, 1.807) is 48.7 Å². The third-order valence-electron chi connectivity index (χ3n) is 3.65. The van der Waals surface area contributed by atoms with Crippen LogP contribution < -0.4 is 5.32 Å². The first-order chi connectivity index (χ1) is 12.1. The van der Waals surface area contributed by atoms with Crippen LogP contribution in [0.4, 0.5) is 5.69 Å². The first kappa shape index (κ1) is 16.9. The number of amides is 1. The number of anilines is 1. The van der Waals surface area contributed by atoms with E-state index in [9.17, 15) is 9.59 Å². The van der Waals surface area contributed by atoms with Crippen LogP contribution in [0.1, 0.15) is 17.3 Å². The van der Waals surface area contributed by atoms with Crippen molar-refractivity contribution < 1.29 is 14.3 Å². The average Bonchev–Trinajstić information content (AvgIpc) is 2.62. The van der Waals surface area contributed by atoms with Crippen LogP contribution in [0.3, 0.4) is 0 Å². The van der Waals surface area contributed by atoms with Crippen LogP contribution in [0.15, 0.2) is 60.8 Å². The van der Waals surface area contributed by atoms with Gasteiger partial charge in [0.25, 0.3) is 5.91 Å². The van der Waals surface area contributed by atoms with Crippen LogP contribution in [0.2, 0.25) is 5.02 Å². The van der Waals surface area contributed by atoms with Gasteiger partial charge in [0, 0.05) is 11.6 Å². The van der Waals surface area contributed by atoms with Crippen molar-refractivity contribution in [2.45, 2.75) is 13.0 Å². The van der Waals surface area contributed by atoms with E-state index in [2.05, 4.69) is 10.3 Å². The van der Waals surface area contributed by atoms with Crippen LogP contribution >= 0.6 is 11.6 Å². The molecule has 0 saturated heterocycles. The second-order valence-corrected chi connectivity index (χ2v) is 5.80. The van der Waals surface area contributed by atoms with E-state index >= 15 is 0 Å². The zero-order chi connectivity index (χ0) is 17.8. The number of aromatic nitrogens is 1. The van der Waals surface area contributed by atoms with E-state index in [-0.39, 0.29) is 10.6 Å². The molecule has 1 amide bonds. The van der Waals surface area contributed by atoms with E-state index < -0.39 is 18.0 Å². The predicted octanol–water partition coefficient (Wildman–Crippen LogP) is 4.07. The number of nitrogens with zero attached hydrogens (tertiary/aromatic N) is 1. The maximum absolute atomic E-state index is 12.4. The molecule has 126 valence electrons. The molecule has 5 nitrogen and oxygen atoms in total. The van der Waals surface area contributed by atoms with Gasteiger partial charge < -0.3 is 10.1 Å². The zero-order valence-corrected chi connectivity index (χ0v) is 14.2. The number of pyridine rings is 1. The van der Waals surface area contributed by atoms with Gasteiger partial charge in [0.15, 0.2) is 6.10 Å². The molecule has 2 aromatic carbocycles. The van der Waals surface area contributed by atoms with Crippen molar-refractivity contribution in [3.05, 3.63) is 71.4 Å². The minimum absolute atomic E-state index is 0.221. The summed E-state index contributed by atoms with van der Waals surface area (Å²) in [5.74, 6) is -1.08. The molecule has 25 heavy (non-hydrogen) atoms. The summed E-state index contributed by atoms with van der Waals surface area (Å²) in [6.07, 6.45) is 0.706. The molecular weight excluding hydrogens is 340 g/mol. The van der Waals surface area contributed by atoms with E-state index in [1.807, 2.05) is 12.1 Å². The fraction of sp³-hybridized carbons (Fsp3) is 0.105. The summed E-state index contributed by atoms with van der Waals surface area (Å²) >= 11 is 5.97. The third kappa shape index (κ3) is 3.78. The molecule has 0 radical (unpaired) electrons. The largest absolute Gasteiger partial charge is 0.449 e. The second-order valence-electron chi connectivity index (χ2n) is 5.39. The molecule has 1 heterocycles. The Morgan fingerprint density at radius 1 is 1.08 bits per heavy atom. The van der Waals surface area contributed by atoms with Crippen LogP contribution in [0, 0.1) is 0 Å². The molecule has 0 spiro atoms. The Balaban J connectivity index is 1.72. The van der Waals surface area contributed by atoms with Gasteiger partial charge in [0.05, 0.1) is 21.8 Å². The highest BCUT2D eigenvalue weighted by Crippen LogP contribution is 2.22. The number of fused-ring (bicyclic) bond motifs is 1. The predicted molar refractivity (Wildman–Crippen MR) is 96.7 cm³/mol. The molecule has 1 N–H and O–H groups in total.